The predicted molar refractivity (Wildman–Crippen MR) is 54.9 cm³/mol. The van der Waals surface area contributed by atoms with Crippen molar-refractivity contribution in [1.29, 1.82) is 0 Å². The normalized spacial score (nSPS) is 10.7. The fourth-order valence-electron chi connectivity index (χ4n) is 0.824. The maximum Gasteiger partial charge on any atom is 0.186 e. The second kappa shape index (κ2) is 4.16. The Kier molecular flexibility index (Phi) is 3.43. The maximum atomic E-state index is 11.4. The quantitative estimate of drug-likeness (QED) is 0.765. The van der Waals surface area contributed by atoms with Gasteiger partial charge in [0.1, 0.15) is 0 Å². The second-order valence-electron chi connectivity index (χ2n) is 2.79. The van der Waals surface area contributed by atoms with Crippen LogP contribution in [-0.2, 0) is 0 Å². The van der Waals surface area contributed by atoms with Gasteiger partial charge in [0, 0.05) is 9.85 Å². The van der Waals surface area contributed by atoms with Crippen molar-refractivity contribution >= 4 is 33.0 Å². The third-order valence-electron chi connectivity index (χ3n) is 1.30. The number of nitrogens with zero attached hydrogens (tertiary/aromatic N) is 1. The molecule has 0 spiro atoms. The molecule has 0 radical (unpaired) electrons. The first kappa shape index (κ1) is 9.89. The van der Waals surface area contributed by atoms with E-state index in [0.29, 0.717) is 6.54 Å². The molecule has 0 aliphatic rings. The Labute approximate surface area is 84.3 Å². The van der Waals surface area contributed by atoms with Crippen LogP contribution in [0.3, 0.4) is 0 Å². The van der Waals surface area contributed by atoms with Crippen molar-refractivity contribution in [2.24, 2.45) is 0 Å². The van der Waals surface area contributed by atoms with Gasteiger partial charge in [0.15, 0.2) is 5.78 Å². The molecular formula is C8H10BrNOS. The first-order valence-electron chi connectivity index (χ1n) is 3.51. The Hall–Kier alpha value is -0.190. The molecule has 0 aliphatic carbocycles. The van der Waals surface area contributed by atoms with Gasteiger partial charge in [-0.05, 0) is 36.1 Å². The highest BCUT2D eigenvalue weighted by atomic mass is 79.9. The van der Waals surface area contributed by atoms with Gasteiger partial charge >= 0.3 is 0 Å². The molecule has 2 nitrogen and oxygen atoms in total. The van der Waals surface area contributed by atoms with Crippen molar-refractivity contribution in [3.8, 4) is 0 Å². The molecule has 0 fully saturated rings. The van der Waals surface area contributed by atoms with Crippen LogP contribution in [0.15, 0.2) is 15.9 Å². The van der Waals surface area contributed by atoms with E-state index in [-0.39, 0.29) is 5.78 Å². The van der Waals surface area contributed by atoms with Crippen LogP contribution in [0.5, 0.6) is 0 Å². The van der Waals surface area contributed by atoms with Gasteiger partial charge in [0.2, 0.25) is 0 Å². The number of ketones is 1. The lowest BCUT2D eigenvalue weighted by Crippen LogP contribution is -2.20. The molecule has 0 saturated heterocycles. The van der Waals surface area contributed by atoms with Crippen LogP contribution in [0.25, 0.3) is 0 Å². The van der Waals surface area contributed by atoms with Gasteiger partial charge in [0.05, 0.1) is 11.4 Å². The van der Waals surface area contributed by atoms with Crippen molar-refractivity contribution in [1.82, 2.24) is 4.90 Å². The number of hydrogen-bond donors (Lipinski definition) is 0. The minimum absolute atomic E-state index is 0.177. The van der Waals surface area contributed by atoms with Crippen LogP contribution in [0.2, 0.25) is 0 Å². The van der Waals surface area contributed by atoms with Crippen LogP contribution < -0.4 is 0 Å². The average Bonchev–Trinajstić information content (AvgIpc) is 2.34. The molecule has 0 N–H and O–H groups in total. The summed E-state index contributed by atoms with van der Waals surface area (Å²) in [6, 6.07) is 1.86. The van der Waals surface area contributed by atoms with Gasteiger partial charge in [-0.1, -0.05) is 0 Å². The Bertz CT molecular complexity index is 282. The molecule has 0 bridgehead atoms. The molecule has 1 aromatic rings. The van der Waals surface area contributed by atoms with E-state index in [1.807, 2.05) is 30.4 Å². The minimum atomic E-state index is 0.177. The number of hydrogen-bond acceptors (Lipinski definition) is 3. The highest BCUT2D eigenvalue weighted by Gasteiger charge is 2.08. The monoisotopic (exact) mass is 247 g/mol. The molecule has 0 saturated carbocycles. The fraction of sp³-hybridized carbons (Fsp3) is 0.375. The van der Waals surface area contributed by atoms with Gasteiger partial charge in [-0.25, -0.2) is 0 Å². The van der Waals surface area contributed by atoms with Crippen LogP contribution in [0.4, 0.5) is 0 Å². The largest absolute Gasteiger partial charge is 0.302 e. The van der Waals surface area contributed by atoms with Gasteiger partial charge in [-0.3, -0.25) is 4.79 Å². The molecule has 0 atom stereocenters. The Morgan fingerprint density at radius 3 is 2.75 bits per heavy atom. The molecule has 0 aliphatic heterocycles. The van der Waals surface area contributed by atoms with Gasteiger partial charge in [0.25, 0.3) is 0 Å². The van der Waals surface area contributed by atoms with E-state index in [9.17, 15) is 4.79 Å². The first-order chi connectivity index (χ1) is 5.59. The maximum absolute atomic E-state index is 11.4. The van der Waals surface area contributed by atoms with E-state index >= 15 is 0 Å². The molecule has 4 heteroatoms. The SMILES string of the molecule is CN(C)CC(=O)c1cc(Br)cs1. The molecule has 0 unspecified atom stereocenters. The van der Waals surface area contributed by atoms with Crippen molar-refractivity contribution in [3.63, 3.8) is 0 Å². The van der Waals surface area contributed by atoms with Gasteiger partial charge in [-0.15, -0.1) is 11.3 Å². The lowest BCUT2D eigenvalue weighted by molar-refractivity contribution is 0.0962. The summed E-state index contributed by atoms with van der Waals surface area (Å²) in [5.41, 5.74) is 0. The van der Waals surface area contributed by atoms with E-state index in [4.69, 9.17) is 0 Å². The zero-order valence-electron chi connectivity index (χ0n) is 7.00. The van der Waals surface area contributed by atoms with Crippen LogP contribution in [0.1, 0.15) is 9.67 Å². The first-order valence-corrected chi connectivity index (χ1v) is 5.19. The second-order valence-corrected chi connectivity index (χ2v) is 4.62. The van der Waals surface area contributed by atoms with E-state index in [1.54, 1.807) is 0 Å². The van der Waals surface area contributed by atoms with Gasteiger partial charge in [-0.2, -0.15) is 0 Å². The Morgan fingerprint density at radius 2 is 2.33 bits per heavy atom. The molecule has 1 aromatic heterocycles. The number of carbonyl (C=O) groups is 1. The zero-order chi connectivity index (χ0) is 9.14. The summed E-state index contributed by atoms with van der Waals surface area (Å²) >= 11 is 4.79. The van der Waals surface area contributed by atoms with E-state index in [1.165, 1.54) is 11.3 Å². The van der Waals surface area contributed by atoms with Crippen molar-refractivity contribution < 1.29 is 4.79 Å². The van der Waals surface area contributed by atoms with E-state index < -0.39 is 0 Å². The van der Waals surface area contributed by atoms with Crippen molar-refractivity contribution in [3.05, 3.63) is 20.8 Å². The third-order valence-corrected chi connectivity index (χ3v) is 3.03. The summed E-state index contributed by atoms with van der Waals surface area (Å²) < 4.78 is 0.981. The fourth-order valence-corrected chi connectivity index (χ4v) is 2.18. The predicted octanol–water partition coefficient (Wildman–Crippen LogP) is 2.25. The summed E-state index contributed by atoms with van der Waals surface area (Å²) in [6.45, 7) is 0.479. The minimum Gasteiger partial charge on any atom is -0.302 e. The summed E-state index contributed by atoms with van der Waals surface area (Å²) in [4.78, 5) is 14.1. The highest BCUT2D eigenvalue weighted by Crippen LogP contribution is 2.20. The summed E-state index contributed by atoms with van der Waals surface area (Å²) in [5.74, 6) is 0.177. The lowest BCUT2D eigenvalue weighted by Gasteiger charge is -2.05. The van der Waals surface area contributed by atoms with E-state index in [0.717, 1.165) is 9.35 Å². The Morgan fingerprint density at radius 1 is 1.67 bits per heavy atom. The van der Waals surface area contributed by atoms with E-state index in [2.05, 4.69) is 15.9 Å². The molecular weight excluding hydrogens is 238 g/mol. The summed E-state index contributed by atoms with van der Waals surface area (Å²) in [5, 5.41) is 1.92. The molecule has 0 amide bonds. The number of Topliss-reactive ketones (excluding diaryl/α,β-unsaturated/α-hetero) is 1. The topological polar surface area (TPSA) is 20.3 Å². The van der Waals surface area contributed by atoms with Crippen LogP contribution in [-0.4, -0.2) is 31.3 Å². The molecule has 66 valence electrons. The summed E-state index contributed by atoms with van der Waals surface area (Å²) in [6.07, 6.45) is 0. The zero-order valence-corrected chi connectivity index (χ0v) is 9.41. The number of halogens is 1. The number of carbonyl (C=O) groups excluding carboxylic acids is 1. The average molecular weight is 248 g/mol. The van der Waals surface area contributed by atoms with Crippen molar-refractivity contribution in [2.75, 3.05) is 20.6 Å². The lowest BCUT2D eigenvalue weighted by atomic mass is 10.3. The van der Waals surface area contributed by atoms with Gasteiger partial charge < -0.3 is 4.90 Å². The number of likely N-dealkylation sites (N-methyl/N-ethyl adjacent to an activating group) is 1. The standard InChI is InChI=1S/C8H10BrNOS/c1-10(2)4-7(11)8-3-6(9)5-12-8/h3,5H,4H2,1-2H3. The molecule has 1 heterocycles. The molecule has 0 aromatic carbocycles. The van der Waals surface area contributed by atoms with Crippen LogP contribution in [0, 0.1) is 0 Å². The Balaban J connectivity index is 2.65. The smallest absolute Gasteiger partial charge is 0.186 e. The third kappa shape index (κ3) is 2.69. The number of rotatable bonds is 3. The van der Waals surface area contributed by atoms with Crippen molar-refractivity contribution in [2.45, 2.75) is 0 Å². The highest BCUT2D eigenvalue weighted by molar-refractivity contribution is 9.10. The summed E-state index contributed by atoms with van der Waals surface area (Å²) in [7, 11) is 3.78. The van der Waals surface area contributed by atoms with Crippen LogP contribution >= 0.6 is 27.3 Å². The molecule has 12 heavy (non-hydrogen) atoms. The molecule has 1 rings (SSSR count). The number of thiophene rings is 1.